The molecule has 10 heavy (non-hydrogen) atoms. The van der Waals surface area contributed by atoms with Crippen molar-refractivity contribution >= 4 is 0 Å². The van der Waals surface area contributed by atoms with Crippen LogP contribution >= 0.6 is 0 Å². The molecule has 0 fully saturated rings. The zero-order valence-corrected chi connectivity index (χ0v) is 6.29. The summed E-state index contributed by atoms with van der Waals surface area (Å²) in [6, 6.07) is 0. The summed E-state index contributed by atoms with van der Waals surface area (Å²) >= 11 is 0. The van der Waals surface area contributed by atoms with Gasteiger partial charge in [-0.1, -0.05) is 25.4 Å². The first-order chi connectivity index (χ1) is 4.84. The first-order valence-electron chi connectivity index (χ1n) is 3.54. The number of aromatic nitrogens is 2. The summed E-state index contributed by atoms with van der Waals surface area (Å²) < 4.78 is 4.83. The Kier molecular flexibility index (Phi) is 2.42. The van der Waals surface area contributed by atoms with E-state index in [1.807, 2.05) is 0 Å². The fourth-order valence-corrected chi connectivity index (χ4v) is 0.914. The summed E-state index contributed by atoms with van der Waals surface area (Å²) in [7, 11) is 0. The molecule has 1 aromatic rings. The molecule has 0 aliphatic heterocycles. The van der Waals surface area contributed by atoms with Crippen LogP contribution in [-0.4, -0.2) is 10.1 Å². The van der Waals surface area contributed by atoms with Gasteiger partial charge in [-0.15, -0.1) is 0 Å². The fourth-order valence-electron chi connectivity index (χ4n) is 0.914. The van der Waals surface area contributed by atoms with Gasteiger partial charge < -0.3 is 4.52 Å². The Morgan fingerprint density at radius 3 is 3.00 bits per heavy atom. The third-order valence-corrected chi connectivity index (χ3v) is 1.48. The normalized spacial score (nSPS) is 13.4. The van der Waals surface area contributed by atoms with E-state index >= 15 is 0 Å². The standard InChI is InChI=1S/C7H11N2O/c1-3-4-6(2)7-8-5-9-10-7/h6H,3-4H2,1-2H3. The summed E-state index contributed by atoms with van der Waals surface area (Å²) in [6.45, 7) is 4.21. The second-order valence-electron chi connectivity index (χ2n) is 2.42. The minimum absolute atomic E-state index is 0.378. The Balaban J connectivity index is 2.50. The van der Waals surface area contributed by atoms with Crippen LogP contribution in [-0.2, 0) is 0 Å². The number of hydrogen-bond donors (Lipinski definition) is 0. The molecule has 1 heterocycles. The summed E-state index contributed by atoms with van der Waals surface area (Å²) in [5, 5.41) is 3.41. The third-order valence-electron chi connectivity index (χ3n) is 1.48. The van der Waals surface area contributed by atoms with Crippen molar-refractivity contribution in [2.45, 2.75) is 32.6 Å². The number of rotatable bonds is 3. The van der Waals surface area contributed by atoms with Crippen LogP contribution < -0.4 is 0 Å². The lowest BCUT2D eigenvalue weighted by molar-refractivity contribution is 0.351. The minimum atomic E-state index is 0.378. The van der Waals surface area contributed by atoms with Crippen LogP contribution in [0.5, 0.6) is 0 Å². The van der Waals surface area contributed by atoms with Crippen LogP contribution in [0.1, 0.15) is 38.5 Å². The van der Waals surface area contributed by atoms with E-state index in [0.717, 1.165) is 12.8 Å². The van der Waals surface area contributed by atoms with Gasteiger partial charge >= 0.3 is 0 Å². The molecule has 0 N–H and O–H groups in total. The van der Waals surface area contributed by atoms with E-state index in [1.54, 1.807) is 0 Å². The molecule has 55 valence electrons. The van der Waals surface area contributed by atoms with Gasteiger partial charge in [-0.05, 0) is 6.42 Å². The van der Waals surface area contributed by atoms with Gasteiger partial charge in [0.25, 0.3) is 0 Å². The van der Waals surface area contributed by atoms with E-state index < -0.39 is 0 Å². The molecular formula is C7H11N2O. The zero-order valence-electron chi connectivity index (χ0n) is 6.29. The van der Waals surface area contributed by atoms with Gasteiger partial charge in [0, 0.05) is 5.92 Å². The Hall–Kier alpha value is -0.860. The Bertz CT molecular complexity index is 172. The highest BCUT2D eigenvalue weighted by Gasteiger charge is 2.08. The maximum atomic E-state index is 4.83. The summed E-state index contributed by atoms with van der Waals surface area (Å²) in [5.41, 5.74) is 0. The predicted molar refractivity (Wildman–Crippen MR) is 36.5 cm³/mol. The second kappa shape index (κ2) is 3.34. The molecule has 1 aromatic heterocycles. The average Bonchev–Trinajstić information content (AvgIpc) is 2.38. The van der Waals surface area contributed by atoms with E-state index in [2.05, 4.69) is 30.3 Å². The molecule has 0 bridgehead atoms. The summed E-state index contributed by atoms with van der Waals surface area (Å²) in [5.74, 6) is 1.07. The molecule has 0 saturated heterocycles. The average molecular weight is 139 g/mol. The maximum Gasteiger partial charge on any atom is 0.243 e. The lowest BCUT2D eigenvalue weighted by Crippen LogP contribution is -1.91. The topological polar surface area (TPSA) is 38.9 Å². The first kappa shape index (κ1) is 7.25. The fraction of sp³-hybridized carbons (Fsp3) is 0.714. The highest BCUT2D eigenvalue weighted by molar-refractivity contribution is 4.84. The molecule has 0 amide bonds. The monoisotopic (exact) mass is 139 g/mol. The molecule has 1 unspecified atom stereocenters. The molecule has 1 radical (unpaired) electrons. The van der Waals surface area contributed by atoms with Gasteiger partial charge in [0.1, 0.15) is 0 Å². The lowest BCUT2D eigenvalue weighted by atomic mass is 10.1. The van der Waals surface area contributed by atoms with Crippen molar-refractivity contribution in [3.8, 4) is 0 Å². The Labute approximate surface area is 60.4 Å². The lowest BCUT2D eigenvalue weighted by Gasteiger charge is -2.01. The SMILES string of the molecule is CCCC(C)c1n[c]no1. The van der Waals surface area contributed by atoms with E-state index in [9.17, 15) is 0 Å². The van der Waals surface area contributed by atoms with Crippen molar-refractivity contribution in [3.05, 3.63) is 12.2 Å². The van der Waals surface area contributed by atoms with Gasteiger partial charge in [-0.3, -0.25) is 0 Å². The van der Waals surface area contributed by atoms with E-state index in [0.29, 0.717) is 11.8 Å². The second-order valence-corrected chi connectivity index (χ2v) is 2.42. The molecule has 0 aromatic carbocycles. The summed E-state index contributed by atoms with van der Waals surface area (Å²) in [4.78, 5) is 3.83. The smallest absolute Gasteiger partial charge is 0.243 e. The molecule has 0 aliphatic rings. The molecule has 3 nitrogen and oxygen atoms in total. The molecule has 0 aliphatic carbocycles. The van der Waals surface area contributed by atoms with Gasteiger partial charge in [0.05, 0.1) is 0 Å². The largest absolute Gasteiger partial charge is 0.339 e. The van der Waals surface area contributed by atoms with Crippen LogP contribution in [0.4, 0.5) is 0 Å². The molecular weight excluding hydrogens is 128 g/mol. The highest BCUT2D eigenvalue weighted by Crippen LogP contribution is 2.16. The van der Waals surface area contributed by atoms with Crippen LogP contribution in [0, 0.1) is 6.33 Å². The van der Waals surface area contributed by atoms with Crippen molar-refractivity contribution < 1.29 is 4.52 Å². The van der Waals surface area contributed by atoms with E-state index in [4.69, 9.17) is 4.52 Å². The predicted octanol–water partition coefficient (Wildman–Crippen LogP) is 1.77. The Morgan fingerprint density at radius 1 is 1.70 bits per heavy atom. The van der Waals surface area contributed by atoms with Crippen molar-refractivity contribution in [2.24, 2.45) is 0 Å². The van der Waals surface area contributed by atoms with E-state index in [-0.39, 0.29) is 0 Å². The highest BCUT2D eigenvalue weighted by atomic mass is 16.5. The van der Waals surface area contributed by atoms with Crippen molar-refractivity contribution in [1.82, 2.24) is 10.1 Å². The Morgan fingerprint density at radius 2 is 2.50 bits per heavy atom. The van der Waals surface area contributed by atoms with Gasteiger partial charge in [-0.25, -0.2) is 0 Å². The molecule has 1 atom stereocenters. The van der Waals surface area contributed by atoms with Crippen molar-refractivity contribution in [2.75, 3.05) is 0 Å². The zero-order chi connectivity index (χ0) is 7.40. The van der Waals surface area contributed by atoms with Crippen LogP contribution in [0.25, 0.3) is 0 Å². The van der Waals surface area contributed by atoms with Gasteiger partial charge in [0.2, 0.25) is 12.2 Å². The van der Waals surface area contributed by atoms with Crippen molar-refractivity contribution in [3.63, 3.8) is 0 Å². The maximum absolute atomic E-state index is 4.83. The van der Waals surface area contributed by atoms with Crippen LogP contribution in [0.15, 0.2) is 4.52 Å². The van der Waals surface area contributed by atoms with Gasteiger partial charge in [-0.2, -0.15) is 4.98 Å². The summed E-state index contributed by atoms with van der Waals surface area (Å²) in [6.07, 6.45) is 4.64. The van der Waals surface area contributed by atoms with E-state index in [1.165, 1.54) is 0 Å². The molecule has 0 saturated carbocycles. The third kappa shape index (κ3) is 1.56. The van der Waals surface area contributed by atoms with Crippen LogP contribution in [0.2, 0.25) is 0 Å². The molecule has 3 heteroatoms. The van der Waals surface area contributed by atoms with Gasteiger partial charge in [0.15, 0.2) is 0 Å². The minimum Gasteiger partial charge on any atom is -0.339 e. The quantitative estimate of drug-likeness (QED) is 0.640. The molecule has 1 rings (SSSR count). The first-order valence-corrected chi connectivity index (χ1v) is 3.54. The molecule has 0 spiro atoms. The van der Waals surface area contributed by atoms with Crippen molar-refractivity contribution in [1.29, 1.82) is 0 Å². The number of hydrogen-bond acceptors (Lipinski definition) is 3. The number of nitrogens with zero attached hydrogens (tertiary/aromatic N) is 2. The van der Waals surface area contributed by atoms with Crippen LogP contribution in [0.3, 0.4) is 0 Å².